The number of amides is 1. The van der Waals surface area contributed by atoms with Crippen molar-refractivity contribution in [1.82, 2.24) is 4.90 Å². The van der Waals surface area contributed by atoms with Gasteiger partial charge in [0.05, 0.1) is 0 Å². The maximum absolute atomic E-state index is 12.5. The number of halogens is 1. The van der Waals surface area contributed by atoms with Crippen LogP contribution >= 0.6 is 12.4 Å². The molecule has 1 saturated heterocycles. The van der Waals surface area contributed by atoms with Crippen molar-refractivity contribution in [3.05, 3.63) is 36.1 Å². The molecule has 4 nitrogen and oxygen atoms in total. The molecule has 2 heterocycles. The van der Waals surface area contributed by atoms with E-state index < -0.39 is 0 Å². The van der Waals surface area contributed by atoms with E-state index in [1.54, 1.807) is 0 Å². The number of benzene rings is 1. The van der Waals surface area contributed by atoms with Crippen molar-refractivity contribution in [2.24, 2.45) is 5.73 Å². The molecule has 2 N–H and O–H groups in total. The van der Waals surface area contributed by atoms with E-state index in [1.165, 1.54) is 0 Å². The van der Waals surface area contributed by atoms with Crippen LogP contribution in [0.5, 0.6) is 0 Å². The highest BCUT2D eigenvalue weighted by atomic mass is 35.5. The van der Waals surface area contributed by atoms with Crippen LogP contribution < -0.4 is 5.73 Å². The van der Waals surface area contributed by atoms with Gasteiger partial charge in [-0.2, -0.15) is 0 Å². The molecular formula is C15H19ClN2O2. The number of rotatable bonds is 2. The summed E-state index contributed by atoms with van der Waals surface area (Å²) in [4.78, 5) is 14.4. The average Bonchev–Trinajstić information content (AvgIpc) is 2.90. The summed E-state index contributed by atoms with van der Waals surface area (Å²) in [6.07, 6.45) is 3.18. The Morgan fingerprint density at radius 1 is 1.35 bits per heavy atom. The molecule has 1 aromatic heterocycles. The number of likely N-dealkylation sites (tertiary alicyclic amines) is 1. The zero-order valence-electron chi connectivity index (χ0n) is 11.2. The smallest absolute Gasteiger partial charge is 0.289 e. The van der Waals surface area contributed by atoms with Gasteiger partial charge in [-0.15, -0.1) is 12.4 Å². The highest BCUT2D eigenvalue weighted by Crippen LogP contribution is 2.23. The Labute approximate surface area is 124 Å². The van der Waals surface area contributed by atoms with Crippen molar-refractivity contribution in [1.29, 1.82) is 0 Å². The molecule has 1 unspecified atom stereocenters. The Morgan fingerprint density at radius 3 is 2.90 bits per heavy atom. The lowest BCUT2D eigenvalue weighted by molar-refractivity contribution is 0.0593. The lowest BCUT2D eigenvalue weighted by Gasteiger charge is -2.34. The minimum absolute atomic E-state index is 0. The van der Waals surface area contributed by atoms with Crippen LogP contribution in [0.25, 0.3) is 11.0 Å². The molecule has 1 fully saturated rings. The second kappa shape index (κ2) is 6.29. The standard InChI is InChI=1S/C15H18N2O2.ClH/c16-10-12-6-3-4-8-17(12)15(18)14-9-11-5-1-2-7-13(11)19-14;/h1-2,5,7,9,12H,3-4,6,8,10,16H2;1H. The Hall–Kier alpha value is -1.52. The molecule has 0 bridgehead atoms. The molecule has 1 aliphatic heterocycles. The quantitative estimate of drug-likeness (QED) is 0.926. The van der Waals surface area contributed by atoms with Crippen molar-refractivity contribution < 1.29 is 9.21 Å². The molecule has 2 aromatic rings. The van der Waals surface area contributed by atoms with Crippen LogP contribution in [0.3, 0.4) is 0 Å². The molecule has 5 heteroatoms. The van der Waals surface area contributed by atoms with E-state index in [0.717, 1.165) is 36.8 Å². The van der Waals surface area contributed by atoms with Gasteiger partial charge in [0, 0.05) is 24.5 Å². The first-order valence-corrected chi connectivity index (χ1v) is 6.79. The predicted molar refractivity (Wildman–Crippen MR) is 81.2 cm³/mol. The third-order valence-corrected chi connectivity index (χ3v) is 3.80. The summed E-state index contributed by atoms with van der Waals surface area (Å²) >= 11 is 0. The van der Waals surface area contributed by atoms with E-state index in [1.807, 2.05) is 35.2 Å². The predicted octanol–water partition coefficient (Wildman–Crippen LogP) is 2.81. The number of nitrogens with zero attached hydrogens (tertiary/aromatic N) is 1. The summed E-state index contributed by atoms with van der Waals surface area (Å²) in [6, 6.07) is 9.64. The van der Waals surface area contributed by atoms with Gasteiger partial charge in [-0.1, -0.05) is 18.2 Å². The van der Waals surface area contributed by atoms with Crippen molar-refractivity contribution in [2.75, 3.05) is 13.1 Å². The molecule has 0 spiro atoms. The molecule has 0 aliphatic carbocycles. The first-order valence-electron chi connectivity index (χ1n) is 6.79. The molecule has 0 radical (unpaired) electrons. The fourth-order valence-electron chi connectivity index (χ4n) is 2.74. The molecule has 1 aliphatic rings. The number of hydrogen-bond acceptors (Lipinski definition) is 3. The van der Waals surface area contributed by atoms with Gasteiger partial charge in [0.15, 0.2) is 5.76 Å². The number of nitrogens with two attached hydrogens (primary N) is 1. The first-order chi connectivity index (χ1) is 9.29. The summed E-state index contributed by atoms with van der Waals surface area (Å²) < 4.78 is 5.64. The van der Waals surface area contributed by atoms with E-state index >= 15 is 0 Å². The van der Waals surface area contributed by atoms with Crippen LogP contribution in [0, 0.1) is 0 Å². The van der Waals surface area contributed by atoms with Gasteiger partial charge in [0.25, 0.3) is 5.91 Å². The van der Waals surface area contributed by atoms with Gasteiger partial charge < -0.3 is 15.1 Å². The summed E-state index contributed by atoms with van der Waals surface area (Å²) in [5.74, 6) is 0.382. The lowest BCUT2D eigenvalue weighted by Crippen LogP contribution is -2.47. The van der Waals surface area contributed by atoms with Crippen LogP contribution in [0.4, 0.5) is 0 Å². The van der Waals surface area contributed by atoms with Gasteiger partial charge in [-0.25, -0.2) is 0 Å². The SMILES string of the molecule is Cl.NCC1CCCCN1C(=O)c1cc2ccccc2o1. The topological polar surface area (TPSA) is 59.5 Å². The number of piperidine rings is 1. The minimum atomic E-state index is -0.0358. The highest BCUT2D eigenvalue weighted by Gasteiger charge is 2.28. The van der Waals surface area contributed by atoms with Crippen LogP contribution in [-0.2, 0) is 0 Å². The summed E-state index contributed by atoms with van der Waals surface area (Å²) in [7, 11) is 0. The van der Waals surface area contributed by atoms with Crippen LogP contribution in [0.2, 0.25) is 0 Å². The summed E-state index contributed by atoms with van der Waals surface area (Å²) in [5.41, 5.74) is 6.52. The normalized spacial score (nSPS) is 18.9. The van der Waals surface area contributed by atoms with Crippen molar-refractivity contribution in [2.45, 2.75) is 25.3 Å². The van der Waals surface area contributed by atoms with E-state index in [9.17, 15) is 4.79 Å². The maximum atomic E-state index is 12.5. The Morgan fingerprint density at radius 2 is 2.15 bits per heavy atom. The molecule has 1 aromatic carbocycles. The third kappa shape index (κ3) is 2.67. The Balaban J connectivity index is 0.00000147. The van der Waals surface area contributed by atoms with E-state index in [2.05, 4.69) is 0 Å². The zero-order valence-corrected chi connectivity index (χ0v) is 12.1. The van der Waals surface area contributed by atoms with Crippen molar-refractivity contribution >= 4 is 29.3 Å². The number of hydrogen-bond donors (Lipinski definition) is 1. The van der Waals surface area contributed by atoms with Gasteiger partial charge in [-0.3, -0.25) is 4.79 Å². The van der Waals surface area contributed by atoms with Gasteiger partial charge in [0.2, 0.25) is 0 Å². The average molecular weight is 295 g/mol. The Kier molecular flexibility index (Phi) is 4.68. The second-order valence-electron chi connectivity index (χ2n) is 5.03. The van der Waals surface area contributed by atoms with Gasteiger partial charge in [-0.05, 0) is 31.4 Å². The fourth-order valence-corrected chi connectivity index (χ4v) is 2.74. The van der Waals surface area contributed by atoms with Crippen molar-refractivity contribution in [3.8, 4) is 0 Å². The highest BCUT2D eigenvalue weighted by molar-refractivity contribution is 5.96. The largest absolute Gasteiger partial charge is 0.451 e. The van der Waals surface area contributed by atoms with E-state index in [4.69, 9.17) is 10.2 Å². The number of para-hydroxylation sites is 1. The van der Waals surface area contributed by atoms with Crippen LogP contribution in [0.15, 0.2) is 34.7 Å². The monoisotopic (exact) mass is 294 g/mol. The van der Waals surface area contributed by atoms with Crippen LogP contribution in [0.1, 0.15) is 29.8 Å². The molecule has 108 valence electrons. The second-order valence-corrected chi connectivity index (χ2v) is 5.03. The molecule has 0 saturated carbocycles. The first kappa shape index (κ1) is 14.9. The minimum Gasteiger partial charge on any atom is -0.451 e. The van der Waals surface area contributed by atoms with Gasteiger partial charge in [0.1, 0.15) is 5.58 Å². The number of furan rings is 1. The third-order valence-electron chi connectivity index (χ3n) is 3.80. The molecule has 20 heavy (non-hydrogen) atoms. The maximum Gasteiger partial charge on any atom is 0.289 e. The molecular weight excluding hydrogens is 276 g/mol. The molecule has 1 atom stereocenters. The summed E-state index contributed by atoms with van der Waals surface area (Å²) in [5, 5.41) is 0.965. The van der Waals surface area contributed by atoms with Crippen molar-refractivity contribution in [3.63, 3.8) is 0 Å². The van der Waals surface area contributed by atoms with E-state index in [-0.39, 0.29) is 24.4 Å². The molecule has 3 rings (SSSR count). The number of fused-ring (bicyclic) bond motifs is 1. The number of carbonyl (C=O) groups is 1. The zero-order chi connectivity index (χ0) is 13.2. The molecule has 1 amide bonds. The lowest BCUT2D eigenvalue weighted by atomic mass is 10.0. The van der Waals surface area contributed by atoms with Crippen LogP contribution in [-0.4, -0.2) is 29.9 Å². The number of carbonyl (C=O) groups excluding carboxylic acids is 1. The van der Waals surface area contributed by atoms with E-state index in [0.29, 0.717) is 12.3 Å². The Bertz CT molecular complexity index is 563. The fraction of sp³-hybridized carbons (Fsp3) is 0.400. The summed E-state index contributed by atoms with van der Waals surface area (Å²) in [6.45, 7) is 1.30. The van der Waals surface area contributed by atoms with Gasteiger partial charge >= 0.3 is 0 Å².